The molecule has 134 valence electrons. The summed E-state index contributed by atoms with van der Waals surface area (Å²) in [6, 6.07) is 7.08. The molecule has 1 unspecified atom stereocenters. The van der Waals surface area contributed by atoms with Crippen molar-refractivity contribution in [2.45, 2.75) is 31.5 Å². The topological polar surface area (TPSA) is 92.4 Å². The molecule has 0 fully saturated rings. The van der Waals surface area contributed by atoms with E-state index in [1.165, 1.54) is 6.20 Å². The van der Waals surface area contributed by atoms with Crippen molar-refractivity contribution < 1.29 is 32.3 Å². The first-order valence-electron chi connectivity index (χ1n) is 7.33. The van der Waals surface area contributed by atoms with Crippen LogP contribution < -0.4 is 5.32 Å². The molecule has 0 bridgehead atoms. The molecule has 2 aromatic rings. The summed E-state index contributed by atoms with van der Waals surface area (Å²) in [7, 11) is 0. The molecule has 25 heavy (non-hydrogen) atoms. The first-order chi connectivity index (χ1) is 11.7. The fraction of sp³-hybridized carbons (Fsp3) is 0.312. The molecule has 1 aromatic carbocycles. The molecule has 1 aromatic heterocycles. The third-order valence-corrected chi connectivity index (χ3v) is 3.25. The van der Waals surface area contributed by atoms with Crippen molar-refractivity contribution in [2.24, 2.45) is 0 Å². The van der Waals surface area contributed by atoms with Gasteiger partial charge in [-0.25, -0.2) is 9.78 Å². The van der Waals surface area contributed by atoms with Crippen LogP contribution in [0, 0.1) is 0 Å². The SMILES string of the molecule is O=C(CCc1ncc(-c2ccccc2)o1)NC(CC(F)(F)F)C(=O)O. The van der Waals surface area contributed by atoms with Gasteiger partial charge < -0.3 is 14.8 Å². The second kappa shape index (κ2) is 7.82. The second-order valence-corrected chi connectivity index (χ2v) is 5.26. The van der Waals surface area contributed by atoms with Gasteiger partial charge in [-0.1, -0.05) is 30.3 Å². The summed E-state index contributed by atoms with van der Waals surface area (Å²) >= 11 is 0. The van der Waals surface area contributed by atoms with Gasteiger partial charge in [-0.15, -0.1) is 0 Å². The summed E-state index contributed by atoms with van der Waals surface area (Å²) in [4.78, 5) is 26.5. The molecule has 1 amide bonds. The monoisotopic (exact) mass is 356 g/mol. The zero-order chi connectivity index (χ0) is 18.4. The number of nitrogens with zero attached hydrogens (tertiary/aromatic N) is 1. The van der Waals surface area contributed by atoms with Crippen molar-refractivity contribution in [3.05, 3.63) is 42.4 Å². The van der Waals surface area contributed by atoms with Crippen LogP contribution in [-0.2, 0) is 16.0 Å². The first-order valence-corrected chi connectivity index (χ1v) is 7.33. The summed E-state index contributed by atoms with van der Waals surface area (Å²) < 4.78 is 42.3. The van der Waals surface area contributed by atoms with E-state index in [9.17, 15) is 22.8 Å². The maximum atomic E-state index is 12.3. The third-order valence-electron chi connectivity index (χ3n) is 3.25. The summed E-state index contributed by atoms with van der Waals surface area (Å²) in [6.07, 6.45) is -5.05. The largest absolute Gasteiger partial charge is 0.480 e. The number of aromatic nitrogens is 1. The lowest BCUT2D eigenvalue weighted by Gasteiger charge is -2.16. The fourth-order valence-corrected chi connectivity index (χ4v) is 2.08. The maximum Gasteiger partial charge on any atom is 0.391 e. The zero-order valence-electron chi connectivity index (χ0n) is 12.9. The van der Waals surface area contributed by atoms with Crippen LogP contribution in [0.15, 0.2) is 40.9 Å². The van der Waals surface area contributed by atoms with Crippen molar-refractivity contribution in [1.82, 2.24) is 10.3 Å². The van der Waals surface area contributed by atoms with Gasteiger partial charge in [0.1, 0.15) is 6.04 Å². The lowest BCUT2D eigenvalue weighted by atomic mass is 10.2. The van der Waals surface area contributed by atoms with E-state index in [1.807, 2.05) is 35.6 Å². The highest BCUT2D eigenvalue weighted by Gasteiger charge is 2.36. The number of oxazole rings is 1. The highest BCUT2D eigenvalue weighted by molar-refractivity contribution is 5.83. The first kappa shape index (κ1) is 18.5. The molecule has 0 aliphatic heterocycles. The predicted octanol–water partition coefficient (Wildman–Crippen LogP) is 2.80. The average Bonchev–Trinajstić information content (AvgIpc) is 3.01. The van der Waals surface area contributed by atoms with E-state index < -0.39 is 30.5 Å². The molecule has 0 saturated carbocycles. The third kappa shape index (κ3) is 5.94. The Morgan fingerprint density at radius 2 is 1.92 bits per heavy atom. The number of hydrogen-bond acceptors (Lipinski definition) is 4. The molecule has 2 N–H and O–H groups in total. The van der Waals surface area contributed by atoms with E-state index in [0.29, 0.717) is 5.76 Å². The minimum Gasteiger partial charge on any atom is -0.480 e. The van der Waals surface area contributed by atoms with Crippen molar-refractivity contribution in [1.29, 1.82) is 0 Å². The maximum absolute atomic E-state index is 12.3. The Hall–Kier alpha value is -2.84. The van der Waals surface area contributed by atoms with E-state index >= 15 is 0 Å². The van der Waals surface area contributed by atoms with Gasteiger partial charge in [0.25, 0.3) is 0 Å². The van der Waals surface area contributed by atoms with Crippen molar-refractivity contribution in [2.75, 3.05) is 0 Å². The molecule has 1 atom stereocenters. The molecule has 0 aliphatic rings. The quantitative estimate of drug-likeness (QED) is 0.796. The van der Waals surface area contributed by atoms with Crippen LogP contribution in [0.1, 0.15) is 18.7 Å². The number of aryl methyl sites for hydroxylation is 1. The second-order valence-electron chi connectivity index (χ2n) is 5.26. The molecule has 1 heterocycles. The van der Waals surface area contributed by atoms with Crippen molar-refractivity contribution >= 4 is 11.9 Å². The van der Waals surface area contributed by atoms with Gasteiger partial charge in [0.15, 0.2) is 11.7 Å². The van der Waals surface area contributed by atoms with Crippen molar-refractivity contribution in [3.63, 3.8) is 0 Å². The normalized spacial score (nSPS) is 12.6. The van der Waals surface area contributed by atoms with Crippen LogP contribution >= 0.6 is 0 Å². The number of carboxylic acids is 1. The molecule has 2 rings (SSSR count). The Labute approximate surface area is 140 Å². The van der Waals surface area contributed by atoms with Gasteiger partial charge in [-0.2, -0.15) is 13.2 Å². The van der Waals surface area contributed by atoms with Gasteiger partial charge in [0.05, 0.1) is 12.6 Å². The zero-order valence-corrected chi connectivity index (χ0v) is 12.9. The number of benzene rings is 1. The van der Waals surface area contributed by atoms with Crippen LogP contribution in [0.4, 0.5) is 13.2 Å². The number of rotatable bonds is 7. The molecular weight excluding hydrogens is 341 g/mol. The van der Waals surface area contributed by atoms with Gasteiger partial charge in [0.2, 0.25) is 5.91 Å². The molecular formula is C16H15F3N2O4. The Bertz CT molecular complexity index is 728. The van der Waals surface area contributed by atoms with E-state index in [0.717, 1.165) is 5.56 Å². The summed E-state index contributed by atoms with van der Waals surface area (Å²) in [5.74, 6) is -1.84. The van der Waals surface area contributed by atoms with E-state index in [2.05, 4.69) is 4.98 Å². The Morgan fingerprint density at radius 3 is 2.52 bits per heavy atom. The van der Waals surface area contributed by atoms with E-state index in [4.69, 9.17) is 9.52 Å². The smallest absolute Gasteiger partial charge is 0.391 e. The number of aliphatic carboxylic acids is 1. The van der Waals surface area contributed by atoms with E-state index in [1.54, 1.807) is 0 Å². The number of carboxylic acid groups (broad SMARTS) is 1. The number of hydrogen-bond donors (Lipinski definition) is 2. The number of carbonyl (C=O) groups excluding carboxylic acids is 1. The van der Waals surface area contributed by atoms with Crippen LogP contribution in [-0.4, -0.2) is 34.2 Å². The Morgan fingerprint density at radius 1 is 1.24 bits per heavy atom. The number of halogens is 3. The highest BCUT2D eigenvalue weighted by Crippen LogP contribution is 2.22. The molecule has 0 spiro atoms. The molecule has 9 heteroatoms. The van der Waals surface area contributed by atoms with Gasteiger partial charge >= 0.3 is 12.1 Å². The van der Waals surface area contributed by atoms with Gasteiger partial charge in [0, 0.05) is 18.4 Å². The molecule has 0 radical (unpaired) electrons. The lowest BCUT2D eigenvalue weighted by Crippen LogP contribution is -2.43. The summed E-state index contributed by atoms with van der Waals surface area (Å²) in [6.45, 7) is 0. The number of alkyl halides is 3. The van der Waals surface area contributed by atoms with Crippen LogP contribution in [0.25, 0.3) is 11.3 Å². The molecule has 0 saturated heterocycles. The highest BCUT2D eigenvalue weighted by atomic mass is 19.4. The number of carbonyl (C=O) groups is 2. The number of nitrogens with one attached hydrogen (secondary N) is 1. The fourth-order valence-electron chi connectivity index (χ4n) is 2.08. The lowest BCUT2D eigenvalue weighted by molar-refractivity contribution is -0.160. The standard InChI is InChI=1S/C16H15F3N2O4/c17-16(18,19)8-11(15(23)24)21-13(22)6-7-14-20-9-12(25-14)10-4-2-1-3-5-10/h1-5,9,11H,6-8H2,(H,21,22)(H,23,24). The molecule has 6 nitrogen and oxygen atoms in total. The van der Waals surface area contributed by atoms with Crippen LogP contribution in [0.3, 0.4) is 0 Å². The average molecular weight is 356 g/mol. The van der Waals surface area contributed by atoms with Gasteiger partial charge in [-0.3, -0.25) is 4.79 Å². The minimum atomic E-state index is -4.69. The van der Waals surface area contributed by atoms with Gasteiger partial charge in [-0.05, 0) is 0 Å². The summed E-state index contributed by atoms with van der Waals surface area (Å²) in [5.41, 5.74) is 0.793. The van der Waals surface area contributed by atoms with E-state index in [-0.39, 0.29) is 18.7 Å². The van der Waals surface area contributed by atoms with Crippen LogP contribution in [0.5, 0.6) is 0 Å². The predicted molar refractivity (Wildman–Crippen MR) is 80.5 cm³/mol. The van der Waals surface area contributed by atoms with Crippen LogP contribution in [0.2, 0.25) is 0 Å². The Balaban J connectivity index is 1.89. The van der Waals surface area contributed by atoms with Crippen molar-refractivity contribution in [3.8, 4) is 11.3 Å². The number of amides is 1. The summed E-state index contributed by atoms with van der Waals surface area (Å²) in [5, 5.41) is 10.6. The minimum absolute atomic E-state index is 0.0387. The molecule has 0 aliphatic carbocycles. The Kier molecular flexibility index (Phi) is 5.79.